The minimum absolute atomic E-state index is 0.579. The molecule has 2 nitrogen and oxygen atoms in total. The molecular formula is C14H12ClNOS. The number of hydrogen-bond donors (Lipinski definition) is 0. The van der Waals surface area contributed by atoms with Gasteiger partial charge in [-0.2, -0.15) is 0 Å². The number of hydrogen-bond acceptors (Lipinski definition) is 2. The Bertz CT molecular complexity index is 501. The lowest BCUT2D eigenvalue weighted by Gasteiger charge is -2.16. The van der Waals surface area contributed by atoms with Crippen LogP contribution in [0.1, 0.15) is 0 Å². The molecule has 0 aliphatic heterocycles. The Balaban J connectivity index is 2.00. The molecule has 0 aromatic heterocycles. The van der Waals surface area contributed by atoms with E-state index in [1.807, 2.05) is 54.6 Å². The summed E-state index contributed by atoms with van der Waals surface area (Å²) in [7, 11) is 0. The lowest BCUT2D eigenvalue weighted by atomic mass is 10.3. The van der Waals surface area contributed by atoms with Gasteiger partial charge in [0.05, 0.1) is 5.88 Å². The molecule has 2 aromatic rings. The molecule has 1 amide bonds. The van der Waals surface area contributed by atoms with Crippen molar-refractivity contribution in [2.45, 2.75) is 4.90 Å². The van der Waals surface area contributed by atoms with Crippen LogP contribution in [0.3, 0.4) is 0 Å². The molecule has 2 rings (SSSR count). The van der Waals surface area contributed by atoms with E-state index in [-0.39, 0.29) is 0 Å². The number of amides is 1. The van der Waals surface area contributed by atoms with E-state index in [0.29, 0.717) is 5.88 Å². The molecule has 0 aliphatic rings. The number of rotatable bonds is 5. The fourth-order valence-electron chi connectivity index (χ4n) is 1.46. The first kappa shape index (κ1) is 13.0. The van der Waals surface area contributed by atoms with Crippen LogP contribution in [0, 0.1) is 0 Å². The second kappa shape index (κ2) is 6.47. The highest BCUT2D eigenvalue weighted by Gasteiger charge is 2.04. The first-order valence-electron chi connectivity index (χ1n) is 5.45. The molecule has 4 heteroatoms. The third-order valence-electron chi connectivity index (χ3n) is 2.40. The van der Waals surface area contributed by atoms with Crippen molar-refractivity contribution in [2.75, 3.05) is 10.8 Å². The van der Waals surface area contributed by atoms with E-state index in [4.69, 9.17) is 11.6 Å². The average Bonchev–Trinajstić information content (AvgIpc) is 2.43. The van der Waals surface area contributed by atoms with Crippen molar-refractivity contribution >= 4 is 35.5 Å². The fraction of sp³-hybridized carbons (Fsp3) is 0.0714. The molecule has 0 unspecified atom stereocenters. The minimum Gasteiger partial charge on any atom is -0.305 e. The highest BCUT2D eigenvalue weighted by Crippen LogP contribution is 2.23. The predicted molar refractivity (Wildman–Crippen MR) is 77.2 cm³/mol. The van der Waals surface area contributed by atoms with Gasteiger partial charge in [-0.15, -0.1) is 11.8 Å². The number of para-hydroxylation sites is 1. The normalized spacial score (nSPS) is 10.1. The van der Waals surface area contributed by atoms with Crippen molar-refractivity contribution in [2.24, 2.45) is 0 Å². The Kier molecular flexibility index (Phi) is 4.67. The zero-order chi connectivity index (χ0) is 12.8. The monoisotopic (exact) mass is 277 g/mol. The Hall–Kier alpha value is -1.45. The molecule has 0 heterocycles. The molecule has 0 saturated carbocycles. The van der Waals surface area contributed by atoms with Crippen LogP contribution < -0.4 is 4.90 Å². The fourth-order valence-corrected chi connectivity index (χ4v) is 2.41. The predicted octanol–water partition coefficient (Wildman–Crippen LogP) is 4.05. The van der Waals surface area contributed by atoms with E-state index in [2.05, 4.69) is 0 Å². The molecular weight excluding hydrogens is 266 g/mol. The van der Waals surface area contributed by atoms with Crippen molar-refractivity contribution < 1.29 is 4.79 Å². The third kappa shape index (κ3) is 3.52. The van der Waals surface area contributed by atoms with Gasteiger partial charge in [0, 0.05) is 15.6 Å². The van der Waals surface area contributed by atoms with Crippen LogP contribution in [-0.4, -0.2) is 12.3 Å². The topological polar surface area (TPSA) is 20.3 Å². The Labute approximate surface area is 116 Å². The van der Waals surface area contributed by atoms with E-state index in [9.17, 15) is 4.79 Å². The van der Waals surface area contributed by atoms with Crippen LogP contribution >= 0.6 is 23.4 Å². The van der Waals surface area contributed by atoms with Gasteiger partial charge in [0.2, 0.25) is 6.41 Å². The lowest BCUT2D eigenvalue weighted by Crippen LogP contribution is -2.19. The standard InChI is InChI=1S/C14H12ClNOS/c15-12-6-8-14(9-7-12)18-11-16(10-17)13-4-2-1-3-5-13/h1-10H,11H2. The molecule has 0 N–H and O–H groups in total. The summed E-state index contributed by atoms with van der Waals surface area (Å²) < 4.78 is 0. The summed E-state index contributed by atoms with van der Waals surface area (Å²) in [6, 6.07) is 17.2. The van der Waals surface area contributed by atoms with E-state index >= 15 is 0 Å². The quantitative estimate of drug-likeness (QED) is 0.467. The van der Waals surface area contributed by atoms with Crippen LogP contribution in [-0.2, 0) is 4.79 Å². The second-order valence-corrected chi connectivity index (χ2v) is 5.09. The summed E-state index contributed by atoms with van der Waals surface area (Å²) in [4.78, 5) is 13.8. The second-order valence-electron chi connectivity index (χ2n) is 3.64. The maximum atomic E-state index is 11.1. The number of halogens is 1. The molecule has 0 atom stereocenters. The molecule has 0 aliphatic carbocycles. The summed E-state index contributed by atoms with van der Waals surface area (Å²) in [5.41, 5.74) is 0.897. The minimum atomic E-state index is 0.579. The summed E-state index contributed by atoms with van der Waals surface area (Å²) in [6.45, 7) is 0. The molecule has 2 aromatic carbocycles. The van der Waals surface area contributed by atoms with E-state index < -0.39 is 0 Å². The largest absolute Gasteiger partial charge is 0.305 e. The van der Waals surface area contributed by atoms with Gasteiger partial charge in [0.15, 0.2) is 0 Å². The van der Waals surface area contributed by atoms with Gasteiger partial charge in [0.25, 0.3) is 0 Å². The Morgan fingerprint density at radius 3 is 2.33 bits per heavy atom. The number of carbonyl (C=O) groups excluding carboxylic acids is 1. The third-order valence-corrected chi connectivity index (χ3v) is 3.66. The highest BCUT2D eigenvalue weighted by molar-refractivity contribution is 7.99. The van der Waals surface area contributed by atoms with E-state index in [0.717, 1.165) is 22.0 Å². The van der Waals surface area contributed by atoms with E-state index in [1.54, 1.807) is 16.7 Å². The van der Waals surface area contributed by atoms with Crippen LogP contribution in [0.25, 0.3) is 0 Å². The maximum Gasteiger partial charge on any atom is 0.214 e. The molecule has 0 spiro atoms. The maximum absolute atomic E-state index is 11.1. The molecule has 0 radical (unpaired) electrons. The van der Waals surface area contributed by atoms with Gasteiger partial charge in [0.1, 0.15) is 0 Å². The van der Waals surface area contributed by atoms with Crippen LogP contribution in [0.2, 0.25) is 5.02 Å². The van der Waals surface area contributed by atoms with E-state index in [1.165, 1.54) is 0 Å². The number of anilines is 1. The summed E-state index contributed by atoms with van der Waals surface area (Å²) in [5, 5.41) is 0.717. The van der Waals surface area contributed by atoms with Gasteiger partial charge >= 0.3 is 0 Å². The smallest absolute Gasteiger partial charge is 0.214 e. The molecule has 18 heavy (non-hydrogen) atoms. The summed E-state index contributed by atoms with van der Waals surface area (Å²) in [6.07, 6.45) is 0.845. The van der Waals surface area contributed by atoms with Crippen LogP contribution in [0.4, 0.5) is 5.69 Å². The van der Waals surface area contributed by atoms with Gasteiger partial charge in [-0.05, 0) is 36.4 Å². The van der Waals surface area contributed by atoms with Gasteiger partial charge in [-0.3, -0.25) is 4.79 Å². The summed E-state index contributed by atoms with van der Waals surface area (Å²) in [5.74, 6) is 0.579. The van der Waals surface area contributed by atoms with Crippen molar-refractivity contribution in [1.29, 1.82) is 0 Å². The molecule has 0 saturated heterocycles. The van der Waals surface area contributed by atoms with Crippen molar-refractivity contribution in [3.8, 4) is 0 Å². The molecule has 0 bridgehead atoms. The zero-order valence-corrected chi connectivity index (χ0v) is 11.2. The summed E-state index contributed by atoms with van der Waals surface area (Å²) >= 11 is 7.41. The SMILES string of the molecule is O=CN(CSc1ccc(Cl)cc1)c1ccccc1. The van der Waals surface area contributed by atoms with Crippen LogP contribution in [0.5, 0.6) is 0 Å². The highest BCUT2D eigenvalue weighted by atomic mass is 35.5. The number of carbonyl (C=O) groups is 1. The molecule has 92 valence electrons. The number of nitrogens with zero attached hydrogens (tertiary/aromatic N) is 1. The van der Waals surface area contributed by atoms with Crippen LogP contribution in [0.15, 0.2) is 59.5 Å². The lowest BCUT2D eigenvalue weighted by molar-refractivity contribution is -0.107. The first-order chi connectivity index (χ1) is 8.79. The Morgan fingerprint density at radius 2 is 1.72 bits per heavy atom. The van der Waals surface area contributed by atoms with Gasteiger partial charge in [-0.25, -0.2) is 0 Å². The first-order valence-corrected chi connectivity index (χ1v) is 6.81. The van der Waals surface area contributed by atoms with Gasteiger partial charge < -0.3 is 4.90 Å². The van der Waals surface area contributed by atoms with Gasteiger partial charge in [-0.1, -0.05) is 29.8 Å². The van der Waals surface area contributed by atoms with Crippen molar-refractivity contribution in [3.63, 3.8) is 0 Å². The zero-order valence-electron chi connectivity index (χ0n) is 9.62. The number of benzene rings is 2. The molecule has 0 fully saturated rings. The Morgan fingerprint density at radius 1 is 1.06 bits per heavy atom. The average molecular weight is 278 g/mol. The van der Waals surface area contributed by atoms with Crippen molar-refractivity contribution in [1.82, 2.24) is 0 Å². The van der Waals surface area contributed by atoms with Crippen molar-refractivity contribution in [3.05, 3.63) is 59.6 Å². The number of thioether (sulfide) groups is 1.